The van der Waals surface area contributed by atoms with E-state index < -0.39 is 23.3 Å². The Morgan fingerprint density at radius 3 is 1.74 bits per heavy atom. The van der Waals surface area contributed by atoms with Crippen LogP contribution in [0.1, 0.15) is 49.1 Å². The Balaban J connectivity index is 1.65. The van der Waals surface area contributed by atoms with Crippen LogP contribution < -0.4 is 0 Å². The van der Waals surface area contributed by atoms with Crippen LogP contribution in [0.15, 0.2) is 36.4 Å². The molecule has 2 aliphatic rings. The van der Waals surface area contributed by atoms with Crippen molar-refractivity contribution in [2.75, 3.05) is 7.05 Å². The van der Waals surface area contributed by atoms with Crippen molar-refractivity contribution in [1.82, 2.24) is 4.90 Å². The minimum Gasteiger partial charge on any atom is -0.300 e. The van der Waals surface area contributed by atoms with Gasteiger partial charge in [0.1, 0.15) is 0 Å². The maximum absolute atomic E-state index is 13.8. The van der Waals surface area contributed by atoms with E-state index >= 15 is 0 Å². The Morgan fingerprint density at radius 1 is 0.815 bits per heavy atom. The van der Waals surface area contributed by atoms with E-state index in [4.69, 9.17) is 0 Å². The number of piperidine rings is 1. The summed E-state index contributed by atoms with van der Waals surface area (Å²) >= 11 is 0. The predicted octanol–water partition coefficient (Wildman–Crippen LogP) is 5.64. The molecule has 2 heterocycles. The average Bonchev–Trinajstić information content (AvgIpc) is 2.85. The first-order valence-electron chi connectivity index (χ1n) is 9.54. The van der Waals surface area contributed by atoms with Crippen LogP contribution in [0, 0.1) is 29.2 Å². The van der Waals surface area contributed by atoms with Crippen LogP contribution >= 0.6 is 0 Å². The molecule has 4 rings (SSSR count). The molecular formula is C22H23F4N. The summed E-state index contributed by atoms with van der Waals surface area (Å²) in [5.41, 5.74) is 1.21. The Bertz CT molecular complexity index is 772. The maximum Gasteiger partial charge on any atom is 0.159 e. The van der Waals surface area contributed by atoms with Gasteiger partial charge in [-0.25, -0.2) is 17.6 Å². The van der Waals surface area contributed by atoms with Gasteiger partial charge in [0.15, 0.2) is 23.3 Å². The molecule has 3 atom stereocenters. The second-order valence-corrected chi connectivity index (χ2v) is 8.02. The fraction of sp³-hybridized carbons (Fsp3) is 0.455. The number of nitrogens with zero attached hydrogens (tertiary/aromatic N) is 1. The van der Waals surface area contributed by atoms with Gasteiger partial charge in [-0.3, -0.25) is 0 Å². The number of hydrogen-bond donors (Lipinski definition) is 0. The molecular weight excluding hydrogens is 354 g/mol. The van der Waals surface area contributed by atoms with Crippen LogP contribution in [0.2, 0.25) is 0 Å². The molecule has 0 N–H and O–H groups in total. The normalized spacial score (nSPS) is 25.3. The van der Waals surface area contributed by atoms with E-state index in [1.807, 2.05) is 0 Å². The lowest BCUT2D eigenvalue weighted by molar-refractivity contribution is 0.127. The highest BCUT2D eigenvalue weighted by atomic mass is 19.2. The standard InChI is InChI=1S/C22H23F4N/c1-27-16-4-5-17(27)9-13(8-16)10-18(14-2-6-19(23)21(25)11-14)15-3-7-20(24)22(26)12-15/h2-3,6-7,11-13,16-18H,4-5,8-10H2,1H3/t13-,16+,17-. The van der Waals surface area contributed by atoms with Crippen molar-refractivity contribution in [2.45, 2.75) is 50.1 Å². The average molecular weight is 377 g/mol. The minimum atomic E-state index is -0.913. The van der Waals surface area contributed by atoms with E-state index in [0.717, 1.165) is 31.4 Å². The van der Waals surface area contributed by atoms with E-state index in [1.165, 1.54) is 25.0 Å². The highest BCUT2D eigenvalue weighted by Gasteiger charge is 2.39. The molecule has 0 aliphatic carbocycles. The van der Waals surface area contributed by atoms with Crippen molar-refractivity contribution in [3.8, 4) is 0 Å². The molecule has 0 radical (unpaired) electrons. The maximum atomic E-state index is 13.8. The molecule has 5 heteroatoms. The van der Waals surface area contributed by atoms with Gasteiger partial charge in [-0.05, 0) is 80.5 Å². The quantitative estimate of drug-likeness (QED) is 0.624. The monoisotopic (exact) mass is 377 g/mol. The molecule has 0 aromatic heterocycles. The van der Waals surface area contributed by atoms with E-state index in [-0.39, 0.29) is 5.92 Å². The second kappa shape index (κ2) is 7.27. The van der Waals surface area contributed by atoms with Crippen molar-refractivity contribution in [2.24, 2.45) is 5.92 Å². The summed E-state index contributed by atoms with van der Waals surface area (Å²) in [6, 6.07) is 8.80. The number of benzene rings is 2. The third-order valence-corrected chi connectivity index (χ3v) is 6.46. The summed E-state index contributed by atoms with van der Waals surface area (Å²) in [4.78, 5) is 2.45. The fourth-order valence-electron chi connectivity index (χ4n) is 4.97. The summed E-state index contributed by atoms with van der Waals surface area (Å²) in [5, 5.41) is 0. The van der Waals surface area contributed by atoms with E-state index in [2.05, 4.69) is 11.9 Å². The van der Waals surface area contributed by atoms with Gasteiger partial charge in [-0.15, -0.1) is 0 Å². The number of rotatable bonds is 4. The zero-order valence-electron chi connectivity index (χ0n) is 15.3. The van der Waals surface area contributed by atoms with E-state index in [0.29, 0.717) is 29.1 Å². The first-order chi connectivity index (χ1) is 12.9. The molecule has 2 aromatic carbocycles. The molecule has 0 spiro atoms. The number of halogens is 4. The third kappa shape index (κ3) is 3.62. The van der Waals surface area contributed by atoms with Crippen LogP contribution in [0.25, 0.3) is 0 Å². The summed E-state index contributed by atoms with van der Waals surface area (Å²) in [7, 11) is 2.17. The zero-order valence-corrected chi connectivity index (χ0v) is 15.3. The lowest BCUT2D eigenvalue weighted by Crippen LogP contribution is -2.40. The third-order valence-electron chi connectivity index (χ3n) is 6.46. The minimum absolute atomic E-state index is 0.289. The lowest BCUT2D eigenvalue weighted by Gasteiger charge is -2.38. The van der Waals surface area contributed by atoms with Crippen molar-refractivity contribution in [3.05, 3.63) is 70.8 Å². The van der Waals surface area contributed by atoms with Gasteiger partial charge >= 0.3 is 0 Å². The molecule has 1 nitrogen and oxygen atoms in total. The summed E-state index contributed by atoms with van der Waals surface area (Å²) < 4.78 is 54.5. The topological polar surface area (TPSA) is 3.24 Å². The Morgan fingerprint density at radius 2 is 1.30 bits per heavy atom. The Hall–Kier alpha value is -1.88. The van der Waals surface area contributed by atoms with Gasteiger partial charge in [0.2, 0.25) is 0 Å². The zero-order chi connectivity index (χ0) is 19.1. The van der Waals surface area contributed by atoms with Crippen LogP contribution in [-0.2, 0) is 0 Å². The van der Waals surface area contributed by atoms with Crippen molar-refractivity contribution >= 4 is 0 Å². The molecule has 2 fully saturated rings. The van der Waals surface area contributed by atoms with Gasteiger partial charge in [-0.1, -0.05) is 12.1 Å². The van der Waals surface area contributed by atoms with Gasteiger partial charge in [0.05, 0.1) is 0 Å². The predicted molar refractivity (Wildman–Crippen MR) is 96.5 cm³/mol. The fourth-order valence-corrected chi connectivity index (χ4v) is 4.97. The van der Waals surface area contributed by atoms with Crippen molar-refractivity contribution in [1.29, 1.82) is 0 Å². The van der Waals surface area contributed by atoms with Gasteiger partial charge < -0.3 is 4.90 Å². The highest BCUT2D eigenvalue weighted by molar-refractivity contribution is 5.34. The number of hydrogen-bond acceptors (Lipinski definition) is 1. The van der Waals surface area contributed by atoms with Crippen LogP contribution in [0.5, 0.6) is 0 Å². The summed E-state index contributed by atoms with van der Waals surface area (Å²) in [6.45, 7) is 0. The summed E-state index contributed by atoms with van der Waals surface area (Å²) in [6.07, 6.45) is 5.21. The second-order valence-electron chi connectivity index (χ2n) is 8.02. The molecule has 0 amide bonds. The SMILES string of the molecule is CN1[C@@H]2CC[C@H]1C[C@@H](CC(c1ccc(F)c(F)c1)c1ccc(F)c(F)c1)C2. The van der Waals surface area contributed by atoms with E-state index in [1.54, 1.807) is 12.1 Å². The Kier molecular flexibility index (Phi) is 4.97. The van der Waals surface area contributed by atoms with Crippen LogP contribution in [0.4, 0.5) is 17.6 Å². The van der Waals surface area contributed by atoms with Crippen molar-refractivity contribution in [3.63, 3.8) is 0 Å². The van der Waals surface area contributed by atoms with Crippen molar-refractivity contribution < 1.29 is 17.6 Å². The highest BCUT2D eigenvalue weighted by Crippen LogP contribution is 2.43. The van der Waals surface area contributed by atoms with E-state index in [9.17, 15) is 17.6 Å². The molecule has 2 bridgehead atoms. The smallest absolute Gasteiger partial charge is 0.159 e. The van der Waals surface area contributed by atoms with Crippen LogP contribution in [0.3, 0.4) is 0 Å². The Labute approximate surface area is 157 Å². The molecule has 2 aromatic rings. The first-order valence-corrected chi connectivity index (χ1v) is 9.54. The lowest BCUT2D eigenvalue weighted by atomic mass is 9.78. The van der Waals surface area contributed by atoms with Gasteiger partial charge in [0.25, 0.3) is 0 Å². The molecule has 0 unspecified atom stereocenters. The molecule has 2 saturated heterocycles. The summed E-state index contributed by atoms with van der Waals surface area (Å²) in [5.74, 6) is -3.50. The van der Waals surface area contributed by atoms with Gasteiger partial charge in [0, 0.05) is 18.0 Å². The molecule has 144 valence electrons. The van der Waals surface area contributed by atoms with Gasteiger partial charge in [-0.2, -0.15) is 0 Å². The molecule has 27 heavy (non-hydrogen) atoms. The number of fused-ring (bicyclic) bond motifs is 2. The first kappa shape index (κ1) is 18.5. The molecule has 0 saturated carbocycles. The largest absolute Gasteiger partial charge is 0.300 e. The molecule has 2 aliphatic heterocycles. The van der Waals surface area contributed by atoms with Crippen LogP contribution in [-0.4, -0.2) is 24.0 Å².